The highest BCUT2D eigenvalue weighted by Gasteiger charge is 2.36. The monoisotopic (exact) mass is 291 g/mol. The van der Waals surface area contributed by atoms with Crippen LogP contribution in [0.15, 0.2) is 18.2 Å². The Balaban J connectivity index is 1.67. The molecule has 1 aliphatic heterocycles. The molecular weight excluding hydrogens is 273 g/mol. The quantitative estimate of drug-likeness (QED) is 0.909. The molecule has 0 radical (unpaired) electrons. The molecule has 1 heterocycles. The van der Waals surface area contributed by atoms with Gasteiger partial charge in [-0.2, -0.15) is 0 Å². The van der Waals surface area contributed by atoms with Gasteiger partial charge in [-0.25, -0.2) is 4.39 Å². The SMILES string of the molecule is O=C(O)[C@@H]1CC[C@H](C(=O)N2CCc3cc(F)ccc3C2)C1. The van der Waals surface area contributed by atoms with Crippen molar-refractivity contribution in [1.29, 1.82) is 0 Å². The summed E-state index contributed by atoms with van der Waals surface area (Å²) in [6.45, 7) is 1.09. The molecule has 1 amide bonds. The first-order chi connectivity index (χ1) is 10.0. The van der Waals surface area contributed by atoms with Gasteiger partial charge in [-0.15, -0.1) is 0 Å². The summed E-state index contributed by atoms with van der Waals surface area (Å²) in [5, 5.41) is 9.02. The van der Waals surface area contributed by atoms with E-state index in [1.807, 2.05) is 0 Å². The van der Waals surface area contributed by atoms with Crippen LogP contribution >= 0.6 is 0 Å². The van der Waals surface area contributed by atoms with Gasteiger partial charge >= 0.3 is 5.97 Å². The van der Waals surface area contributed by atoms with Crippen LogP contribution in [0.25, 0.3) is 0 Å². The number of benzene rings is 1. The topological polar surface area (TPSA) is 57.6 Å². The van der Waals surface area contributed by atoms with Crippen LogP contribution in [-0.4, -0.2) is 28.4 Å². The molecule has 4 nitrogen and oxygen atoms in total. The van der Waals surface area contributed by atoms with Gasteiger partial charge in [0, 0.05) is 19.0 Å². The smallest absolute Gasteiger partial charge is 0.306 e. The lowest BCUT2D eigenvalue weighted by Gasteiger charge is -2.31. The molecule has 0 spiro atoms. The van der Waals surface area contributed by atoms with Gasteiger partial charge in [-0.05, 0) is 48.9 Å². The van der Waals surface area contributed by atoms with Gasteiger partial charge in [0.05, 0.1) is 5.92 Å². The van der Waals surface area contributed by atoms with Crippen molar-refractivity contribution < 1.29 is 19.1 Å². The van der Waals surface area contributed by atoms with E-state index in [0.29, 0.717) is 38.8 Å². The number of rotatable bonds is 2. The molecule has 1 saturated carbocycles. The fourth-order valence-electron chi connectivity index (χ4n) is 3.40. The predicted molar refractivity (Wildman–Crippen MR) is 74.0 cm³/mol. The Bertz CT molecular complexity index is 587. The maximum atomic E-state index is 13.2. The molecule has 0 saturated heterocycles. The fourth-order valence-corrected chi connectivity index (χ4v) is 3.40. The molecule has 0 aromatic heterocycles. The Labute approximate surface area is 122 Å². The van der Waals surface area contributed by atoms with Crippen molar-refractivity contribution in [3.63, 3.8) is 0 Å². The van der Waals surface area contributed by atoms with Crippen LogP contribution in [0.5, 0.6) is 0 Å². The maximum Gasteiger partial charge on any atom is 0.306 e. The zero-order chi connectivity index (χ0) is 15.0. The number of carbonyl (C=O) groups is 2. The van der Waals surface area contributed by atoms with Gasteiger partial charge in [-0.1, -0.05) is 6.07 Å². The van der Waals surface area contributed by atoms with Crippen LogP contribution in [0.3, 0.4) is 0 Å². The molecule has 0 unspecified atom stereocenters. The Morgan fingerprint density at radius 2 is 1.95 bits per heavy atom. The molecule has 2 atom stereocenters. The van der Waals surface area contributed by atoms with Crippen molar-refractivity contribution in [3.05, 3.63) is 35.1 Å². The van der Waals surface area contributed by atoms with Crippen LogP contribution in [0.1, 0.15) is 30.4 Å². The molecule has 2 aliphatic rings. The van der Waals surface area contributed by atoms with E-state index in [9.17, 15) is 14.0 Å². The number of halogens is 1. The van der Waals surface area contributed by atoms with Crippen LogP contribution in [-0.2, 0) is 22.6 Å². The zero-order valence-corrected chi connectivity index (χ0v) is 11.7. The summed E-state index contributed by atoms with van der Waals surface area (Å²) in [7, 11) is 0. The molecule has 1 aromatic rings. The highest BCUT2D eigenvalue weighted by Crippen LogP contribution is 2.33. The Morgan fingerprint density at radius 1 is 1.19 bits per heavy atom. The van der Waals surface area contributed by atoms with Crippen molar-refractivity contribution in [3.8, 4) is 0 Å². The van der Waals surface area contributed by atoms with E-state index in [1.165, 1.54) is 12.1 Å². The summed E-state index contributed by atoms with van der Waals surface area (Å²) in [6.07, 6.45) is 2.35. The van der Waals surface area contributed by atoms with Crippen molar-refractivity contribution >= 4 is 11.9 Å². The summed E-state index contributed by atoms with van der Waals surface area (Å²) in [5.41, 5.74) is 1.96. The molecule has 21 heavy (non-hydrogen) atoms. The average molecular weight is 291 g/mol. The lowest BCUT2D eigenvalue weighted by molar-refractivity contribution is -0.141. The van der Waals surface area contributed by atoms with E-state index in [1.54, 1.807) is 11.0 Å². The van der Waals surface area contributed by atoms with Gasteiger partial charge in [0.25, 0.3) is 0 Å². The van der Waals surface area contributed by atoms with Gasteiger partial charge in [0.15, 0.2) is 0 Å². The van der Waals surface area contributed by atoms with E-state index < -0.39 is 5.97 Å². The number of nitrogens with zero attached hydrogens (tertiary/aromatic N) is 1. The first-order valence-electron chi connectivity index (χ1n) is 7.33. The molecule has 1 aromatic carbocycles. The Hall–Kier alpha value is -1.91. The second kappa shape index (κ2) is 5.47. The standard InChI is InChI=1S/C16H18FNO3/c17-14-4-3-13-9-18(6-5-10(13)8-14)15(19)11-1-2-12(7-11)16(20)21/h3-4,8,11-12H,1-2,5-7,9H2,(H,20,21)/t11-,12+/m0/s1. The maximum absolute atomic E-state index is 13.2. The first-order valence-corrected chi connectivity index (χ1v) is 7.33. The van der Waals surface area contributed by atoms with Crippen LogP contribution in [0.4, 0.5) is 4.39 Å². The summed E-state index contributed by atoms with van der Waals surface area (Å²) >= 11 is 0. The van der Waals surface area contributed by atoms with Gasteiger partial charge < -0.3 is 10.0 Å². The number of hydrogen-bond donors (Lipinski definition) is 1. The zero-order valence-electron chi connectivity index (χ0n) is 11.7. The minimum Gasteiger partial charge on any atom is -0.481 e. The number of fused-ring (bicyclic) bond motifs is 1. The summed E-state index contributed by atoms with van der Waals surface area (Å²) in [6, 6.07) is 4.69. The molecule has 1 fully saturated rings. The van der Waals surface area contributed by atoms with Crippen LogP contribution < -0.4 is 0 Å². The van der Waals surface area contributed by atoms with E-state index in [0.717, 1.165) is 11.1 Å². The molecule has 5 heteroatoms. The third-order valence-electron chi connectivity index (χ3n) is 4.62. The number of carboxylic acid groups (broad SMARTS) is 1. The normalized spacial score (nSPS) is 24.7. The minimum absolute atomic E-state index is 0.0497. The van der Waals surface area contributed by atoms with Gasteiger partial charge in [0.2, 0.25) is 5.91 Å². The lowest BCUT2D eigenvalue weighted by Crippen LogP contribution is -2.39. The van der Waals surface area contributed by atoms with Gasteiger partial charge in [-0.3, -0.25) is 9.59 Å². The van der Waals surface area contributed by atoms with E-state index in [2.05, 4.69) is 0 Å². The summed E-state index contributed by atoms with van der Waals surface area (Å²) < 4.78 is 13.2. The molecular formula is C16H18FNO3. The average Bonchev–Trinajstić information content (AvgIpc) is 2.96. The van der Waals surface area contributed by atoms with Crippen molar-refractivity contribution in [2.24, 2.45) is 11.8 Å². The lowest BCUT2D eigenvalue weighted by atomic mass is 9.97. The number of carboxylic acids is 1. The fraction of sp³-hybridized carbons (Fsp3) is 0.500. The number of hydrogen-bond acceptors (Lipinski definition) is 2. The summed E-state index contributed by atoms with van der Waals surface area (Å²) in [4.78, 5) is 25.3. The van der Waals surface area contributed by atoms with E-state index in [4.69, 9.17) is 5.11 Å². The van der Waals surface area contributed by atoms with Crippen LogP contribution in [0, 0.1) is 17.7 Å². The van der Waals surface area contributed by atoms with Crippen LogP contribution in [0.2, 0.25) is 0 Å². The minimum atomic E-state index is -0.801. The molecule has 1 N–H and O–H groups in total. The highest BCUT2D eigenvalue weighted by molar-refractivity contribution is 5.81. The summed E-state index contributed by atoms with van der Waals surface area (Å²) in [5.74, 6) is -1.55. The second-order valence-corrected chi connectivity index (χ2v) is 5.97. The number of carbonyl (C=O) groups excluding carboxylic acids is 1. The van der Waals surface area contributed by atoms with Crippen molar-refractivity contribution in [2.45, 2.75) is 32.2 Å². The second-order valence-electron chi connectivity index (χ2n) is 5.97. The Kier molecular flexibility index (Phi) is 3.66. The molecule has 1 aliphatic carbocycles. The highest BCUT2D eigenvalue weighted by atomic mass is 19.1. The van der Waals surface area contributed by atoms with E-state index >= 15 is 0 Å². The predicted octanol–water partition coefficient (Wildman–Crippen LogP) is 2.21. The van der Waals surface area contributed by atoms with Gasteiger partial charge in [0.1, 0.15) is 5.82 Å². The van der Waals surface area contributed by atoms with Crippen molar-refractivity contribution in [2.75, 3.05) is 6.54 Å². The first kappa shape index (κ1) is 14.0. The molecule has 112 valence electrons. The number of amides is 1. The largest absolute Gasteiger partial charge is 0.481 e. The number of aliphatic carboxylic acids is 1. The molecule has 0 bridgehead atoms. The third kappa shape index (κ3) is 2.77. The van der Waals surface area contributed by atoms with E-state index in [-0.39, 0.29) is 23.6 Å². The Morgan fingerprint density at radius 3 is 2.67 bits per heavy atom. The van der Waals surface area contributed by atoms with Crippen molar-refractivity contribution in [1.82, 2.24) is 4.90 Å². The molecule has 3 rings (SSSR count). The third-order valence-corrected chi connectivity index (χ3v) is 4.62.